The Morgan fingerprint density at radius 1 is 0.846 bits per heavy atom. The third kappa shape index (κ3) is 3.55. The molecule has 0 saturated heterocycles. The molecule has 0 aromatic rings. The van der Waals surface area contributed by atoms with E-state index in [4.69, 9.17) is 30.6 Å². The van der Waals surface area contributed by atoms with Crippen LogP contribution in [0, 0.1) is 0 Å². The largest absolute Gasteiger partial charge is 0.394 e. The van der Waals surface area contributed by atoms with Crippen molar-refractivity contribution in [2.24, 2.45) is 0 Å². The third-order valence-corrected chi connectivity index (χ3v) is 1.78. The average molecular weight is 196 g/mol. The molecule has 6 nitrogen and oxygen atoms in total. The highest BCUT2D eigenvalue weighted by Crippen LogP contribution is 2.07. The summed E-state index contributed by atoms with van der Waals surface area (Å²) in [7, 11) is 0. The molecule has 80 valence electrons. The van der Waals surface area contributed by atoms with E-state index in [9.17, 15) is 0 Å². The highest BCUT2D eigenvalue weighted by atomic mass is 16.4. The van der Waals surface area contributed by atoms with E-state index < -0.39 is 37.1 Å². The molecular formula is C7H16O6. The summed E-state index contributed by atoms with van der Waals surface area (Å²) >= 11 is 0. The van der Waals surface area contributed by atoms with Crippen LogP contribution in [0.25, 0.3) is 0 Å². The standard InChI is InChI=1S/C7H16O6/c1-3(9)5(11)7(13)6(12)4(10)2-8/h3-13H,2H2,1H3/t3?,4-,5+,6-,7-/m1/s1. The Labute approximate surface area is 75.7 Å². The van der Waals surface area contributed by atoms with Crippen LogP contribution in [0.2, 0.25) is 0 Å². The van der Waals surface area contributed by atoms with Crippen molar-refractivity contribution in [2.75, 3.05) is 6.61 Å². The average Bonchev–Trinajstić information content (AvgIpc) is 2.12. The Morgan fingerprint density at radius 2 is 1.31 bits per heavy atom. The molecule has 1 unspecified atom stereocenters. The Hall–Kier alpha value is -0.240. The maximum atomic E-state index is 9.13. The fourth-order valence-electron chi connectivity index (χ4n) is 0.823. The molecular weight excluding hydrogens is 180 g/mol. The van der Waals surface area contributed by atoms with Crippen molar-refractivity contribution < 1.29 is 30.6 Å². The molecule has 0 rings (SSSR count). The van der Waals surface area contributed by atoms with E-state index in [1.807, 2.05) is 0 Å². The Balaban J connectivity index is 4.15. The Bertz CT molecular complexity index is 139. The van der Waals surface area contributed by atoms with Crippen LogP contribution in [0.4, 0.5) is 0 Å². The lowest BCUT2D eigenvalue weighted by atomic mass is 10.0. The van der Waals surface area contributed by atoms with Gasteiger partial charge in [0, 0.05) is 0 Å². The maximum absolute atomic E-state index is 9.13. The molecule has 0 aromatic heterocycles. The molecule has 0 amide bonds. The fourth-order valence-corrected chi connectivity index (χ4v) is 0.823. The van der Waals surface area contributed by atoms with E-state index in [-0.39, 0.29) is 0 Å². The second-order valence-electron chi connectivity index (χ2n) is 2.96. The number of aliphatic hydroxyl groups excluding tert-OH is 6. The van der Waals surface area contributed by atoms with E-state index in [0.717, 1.165) is 0 Å². The molecule has 0 aromatic carbocycles. The topological polar surface area (TPSA) is 121 Å². The second-order valence-corrected chi connectivity index (χ2v) is 2.96. The number of hydrogen-bond acceptors (Lipinski definition) is 6. The van der Waals surface area contributed by atoms with Gasteiger partial charge < -0.3 is 30.6 Å². The van der Waals surface area contributed by atoms with Crippen molar-refractivity contribution in [3.8, 4) is 0 Å². The summed E-state index contributed by atoms with van der Waals surface area (Å²) in [5, 5.41) is 53.4. The lowest BCUT2D eigenvalue weighted by Crippen LogP contribution is -2.49. The predicted octanol–water partition coefficient (Wildman–Crippen LogP) is -3.20. The molecule has 6 N–H and O–H groups in total. The summed E-state index contributed by atoms with van der Waals surface area (Å²) in [4.78, 5) is 0. The summed E-state index contributed by atoms with van der Waals surface area (Å²) in [5.74, 6) is 0. The van der Waals surface area contributed by atoms with Crippen LogP contribution in [0.5, 0.6) is 0 Å². The van der Waals surface area contributed by atoms with Crippen molar-refractivity contribution in [1.82, 2.24) is 0 Å². The maximum Gasteiger partial charge on any atom is 0.111 e. The summed E-state index contributed by atoms with van der Waals surface area (Å²) in [6, 6.07) is 0. The molecule has 5 atom stereocenters. The summed E-state index contributed by atoms with van der Waals surface area (Å²) in [5.41, 5.74) is 0. The smallest absolute Gasteiger partial charge is 0.111 e. The van der Waals surface area contributed by atoms with Gasteiger partial charge in [-0.1, -0.05) is 0 Å². The highest BCUT2D eigenvalue weighted by Gasteiger charge is 2.32. The van der Waals surface area contributed by atoms with Gasteiger partial charge in [0.15, 0.2) is 0 Å². The van der Waals surface area contributed by atoms with E-state index in [0.29, 0.717) is 0 Å². The van der Waals surface area contributed by atoms with Crippen LogP contribution < -0.4 is 0 Å². The molecule has 0 heterocycles. The van der Waals surface area contributed by atoms with Gasteiger partial charge in [-0.25, -0.2) is 0 Å². The van der Waals surface area contributed by atoms with Crippen molar-refractivity contribution in [3.05, 3.63) is 0 Å². The number of rotatable bonds is 5. The van der Waals surface area contributed by atoms with Gasteiger partial charge in [0.25, 0.3) is 0 Å². The van der Waals surface area contributed by atoms with Gasteiger partial charge in [0.05, 0.1) is 12.7 Å². The molecule has 0 spiro atoms. The summed E-state index contributed by atoms with van der Waals surface area (Å²) < 4.78 is 0. The van der Waals surface area contributed by atoms with Crippen molar-refractivity contribution in [1.29, 1.82) is 0 Å². The third-order valence-electron chi connectivity index (χ3n) is 1.78. The molecule has 0 aliphatic heterocycles. The molecule has 0 fully saturated rings. The van der Waals surface area contributed by atoms with Crippen molar-refractivity contribution in [3.63, 3.8) is 0 Å². The Morgan fingerprint density at radius 3 is 1.62 bits per heavy atom. The monoisotopic (exact) mass is 196 g/mol. The first kappa shape index (κ1) is 12.8. The minimum Gasteiger partial charge on any atom is -0.394 e. The van der Waals surface area contributed by atoms with Crippen LogP contribution in [-0.2, 0) is 0 Å². The molecule has 13 heavy (non-hydrogen) atoms. The normalized spacial score (nSPS) is 23.3. The zero-order chi connectivity index (χ0) is 10.6. The van der Waals surface area contributed by atoms with Crippen LogP contribution in [0.1, 0.15) is 6.92 Å². The zero-order valence-electron chi connectivity index (χ0n) is 7.28. The van der Waals surface area contributed by atoms with Crippen LogP contribution in [0.15, 0.2) is 0 Å². The molecule has 0 saturated carbocycles. The van der Waals surface area contributed by atoms with E-state index in [1.165, 1.54) is 6.92 Å². The van der Waals surface area contributed by atoms with Gasteiger partial charge in [-0.2, -0.15) is 0 Å². The second kappa shape index (κ2) is 5.48. The molecule has 0 aliphatic carbocycles. The Kier molecular flexibility index (Phi) is 5.38. The highest BCUT2D eigenvalue weighted by molar-refractivity contribution is 4.82. The summed E-state index contributed by atoms with van der Waals surface area (Å²) in [6.07, 6.45) is -7.70. The molecule has 0 radical (unpaired) electrons. The summed E-state index contributed by atoms with van der Waals surface area (Å²) in [6.45, 7) is 0.497. The molecule has 0 bridgehead atoms. The van der Waals surface area contributed by atoms with Crippen LogP contribution in [0.3, 0.4) is 0 Å². The number of hydrogen-bond donors (Lipinski definition) is 6. The minimum absolute atomic E-state index is 0.731. The number of aliphatic hydroxyl groups is 6. The van der Waals surface area contributed by atoms with E-state index in [1.54, 1.807) is 0 Å². The van der Waals surface area contributed by atoms with Gasteiger partial charge in [-0.3, -0.25) is 0 Å². The quantitative estimate of drug-likeness (QED) is 0.275. The first-order valence-electron chi connectivity index (χ1n) is 3.93. The van der Waals surface area contributed by atoms with Crippen molar-refractivity contribution in [2.45, 2.75) is 37.4 Å². The van der Waals surface area contributed by atoms with Gasteiger partial charge in [-0.15, -0.1) is 0 Å². The van der Waals surface area contributed by atoms with Gasteiger partial charge in [-0.05, 0) is 6.92 Å². The van der Waals surface area contributed by atoms with Crippen LogP contribution in [-0.4, -0.2) is 67.8 Å². The first-order chi connectivity index (χ1) is 5.91. The lowest BCUT2D eigenvalue weighted by Gasteiger charge is -2.26. The van der Waals surface area contributed by atoms with Gasteiger partial charge in [0.1, 0.15) is 24.4 Å². The first-order valence-corrected chi connectivity index (χ1v) is 3.93. The zero-order valence-corrected chi connectivity index (χ0v) is 7.28. The minimum atomic E-state index is -1.69. The van der Waals surface area contributed by atoms with E-state index in [2.05, 4.69) is 0 Å². The van der Waals surface area contributed by atoms with Crippen LogP contribution >= 0.6 is 0 Å². The molecule has 6 heteroatoms. The van der Waals surface area contributed by atoms with Crippen molar-refractivity contribution >= 4 is 0 Å². The molecule has 0 aliphatic rings. The SMILES string of the molecule is CC(O)[C@H](O)[C@@H](O)[C@H](O)[C@H](O)CO. The van der Waals surface area contributed by atoms with Gasteiger partial charge >= 0.3 is 0 Å². The van der Waals surface area contributed by atoms with E-state index >= 15 is 0 Å². The fraction of sp³-hybridized carbons (Fsp3) is 1.00. The van der Waals surface area contributed by atoms with Gasteiger partial charge in [0.2, 0.25) is 0 Å². The lowest BCUT2D eigenvalue weighted by molar-refractivity contribution is -0.137. The predicted molar refractivity (Wildman–Crippen MR) is 42.8 cm³/mol.